The number of hydrogen-bond acceptors (Lipinski definition) is 4. The molecule has 31 heavy (non-hydrogen) atoms. The maximum absolute atomic E-state index is 12.6. The molecular weight excluding hydrogens is 410 g/mol. The number of hydrogen-bond donors (Lipinski definition) is 2. The Kier molecular flexibility index (Phi) is 6.06. The van der Waals surface area contributed by atoms with Gasteiger partial charge < -0.3 is 5.32 Å². The van der Waals surface area contributed by atoms with E-state index in [0.29, 0.717) is 0 Å². The van der Waals surface area contributed by atoms with Gasteiger partial charge in [0.05, 0.1) is 22.7 Å². The summed E-state index contributed by atoms with van der Waals surface area (Å²) < 4.78 is 27.8. The summed E-state index contributed by atoms with van der Waals surface area (Å²) in [6.45, 7) is 0.417. The van der Waals surface area contributed by atoms with Gasteiger partial charge in [-0.15, -0.1) is 0 Å². The molecule has 0 bridgehead atoms. The van der Waals surface area contributed by atoms with Gasteiger partial charge in [0.2, 0.25) is 10.0 Å². The van der Waals surface area contributed by atoms with Crippen LogP contribution >= 0.6 is 0 Å². The fourth-order valence-electron chi connectivity index (χ4n) is 3.14. The van der Waals surface area contributed by atoms with Crippen LogP contribution in [-0.2, 0) is 23.1 Å². The number of fused-ring (bicyclic) bond motifs is 1. The molecule has 2 N–H and O–H groups in total. The summed E-state index contributed by atoms with van der Waals surface area (Å²) in [6.07, 6.45) is 0. The second-order valence-corrected chi connectivity index (χ2v) is 8.78. The quantitative estimate of drug-likeness (QED) is 0.468. The Balaban J connectivity index is 1.43. The molecule has 0 aliphatic carbocycles. The number of nitrogens with zero attached hydrogens (tertiary/aromatic N) is 1. The fourth-order valence-corrected chi connectivity index (χ4v) is 4.20. The highest BCUT2D eigenvalue weighted by molar-refractivity contribution is 7.89. The molecule has 0 unspecified atom stereocenters. The number of sulfonamides is 1. The third kappa shape index (κ3) is 5.14. The minimum atomic E-state index is -3.75. The zero-order valence-corrected chi connectivity index (χ0v) is 17.5. The maximum atomic E-state index is 12.6. The molecule has 1 heterocycles. The number of nitrogens with one attached hydrogen (secondary N) is 2. The Hall–Kier alpha value is -3.55. The predicted molar refractivity (Wildman–Crippen MR) is 120 cm³/mol. The van der Waals surface area contributed by atoms with Crippen LogP contribution in [0.4, 0.5) is 0 Å². The zero-order valence-electron chi connectivity index (χ0n) is 16.7. The molecule has 7 heteroatoms. The van der Waals surface area contributed by atoms with Gasteiger partial charge in [-0.05, 0) is 35.9 Å². The number of rotatable bonds is 7. The van der Waals surface area contributed by atoms with Gasteiger partial charge in [0.1, 0.15) is 0 Å². The molecule has 4 aromatic rings. The molecule has 0 saturated carbocycles. The minimum absolute atomic E-state index is 0.0416. The molecule has 6 nitrogen and oxygen atoms in total. The first kappa shape index (κ1) is 20.7. The van der Waals surface area contributed by atoms with E-state index in [1.807, 2.05) is 66.7 Å². The second kappa shape index (κ2) is 9.07. The normalized spacial score (nSPS) is 11.4. The van der Waals surface area contributed by atoms with Gasteiger partial charge in [0, 0.05) is 17.5 Å². The van der Waals surface area contributed by atoms with E-state index in [1.54, 1.807) is 12.1 Å². The lowest BCUT2D eigenvalue weighted by Crippen LogP contribution is -2.25. The molecule has 0 aliphatic rings. The van der Waals surface area contributed by atoms with Crippen molar-refractivity contribution in [2.75, 3.05) is 0 Å². The van der Waals surface area contributed by atoms with Crippen molar-refractivity contribution in [1.82, 2.24) is 15.0 Å². The van der Waals surface area contributed by atoms with E-state index in [2.05, 4.69) is 15.0 Å². The fraction of sp³-hybridized carbons (Fsp3) is 0.0833. The van der Waals surface area contributed by atoms with Crippen molar-refractivity contribution in [2.24, 2.45) is 0 Å². The standard InChI is InChI=1S/C24H21N3O3S/c28-24(25-17-21-14-13-19-9-4-5-12-23(19)27-21)20-10-6-11-22(15-20)31(29,30)26-16-18-7-2-1-3-8-18/h1-15,26H,16-17H2,(H,25,28). The molecule has 1 aromatic heterocycles. The van der Waals surface area contributed by atoms with Crippen molar-refractivity contribution < 1.29 is 13.2 Å². The number of carbonyl (C=O) groups is 1. The summed E-state index contributed by atoms with van der Waals surface area (Å²) in [4.78, 5) is 17.2. The summed E-state index contributed by atoms with van der Waals surface area (Å²) in [5.74, 6) is -0.366. The van der Waals surface area contributed by atoms with E-state index in [-0.39, 0.29) is 29.5 Å². The maximum Gasteiger partial charge on any atom is 0.251 e. The van der Waals surface area contributed by atoms with Crippen molar-refractivity contribution in [2.45, 2.75) is 18.0 Å². The lowest BCUT2D eigenvalue weighted by atomic mass is 10.2. The highest BCUT2D eigenvalue weighted by Gasteiger charge is 2.16. The molecule has 0 radical (unpaired) electrons. The number of aromatic nitrogens is 1. The Morgan fingerprint density at radius 1 is 0.806 bits per heavy atom. The topological polar surface area (TPSA) is 88.2 Å². The average Bonchev–Trinajstić information content (AvgIpc) is 2.82. The van der Waals surface area contributed by atoms with Crippen LogP contribution in [0.3, 0.4) is 0 Å². The van der Waals surface area contributed by atoms with Crippen LogP contribution in [0.1, 0.15) is 21.6 Å². The molecule has 156 valence electrons. The Morgan fingerprint density at radius 3 is 2.42 bits per heavy atom. The third-order valence-corrected chi connectivity index (χ3v) is 6.20. The molecule has 1 amide bonds. The number of pyridine rings is 1. The van der Waals surface area contributed by atoms with Gasteiger partial charge in [-0.3, -0.25) is 9.78 Å². The van der Waals surface area contributed by atoms with Gasteiger partial charge in [-0.25, -0.2) is 13.1 Å². The Labute approximate surface area is 181 Å². The lowest BCUT2D eigenvalue weighted by molar-refractivity contribution is 0.0950. The number of carbonyl (C=O) groups excluding carboxylic acids is 1. The summed E-state index contributed by atoms with van der Waals surface area (Å²) in [5.41, 5.74) is 2.69. The van der Waals surface area contributed by atoms with E-state index >= 15 is 0 Å². The van der Waals surface area contributed by atoms with Gasteiger partial charge >= 0.3 is 0 Å². The Morgan fingerprint density at radius 2 is 1.58 bits per heavy atom. The van der Waals surface area contributed by atoms with E-state index in [0.717, 1.165) is 22.2 Å². The first-order valence-electron chi connectivity index (χ1n) is 9.78. The predicted octanol–water partition coefficient (Wildman–Crippen LogP) is 3.64. The first-order valence-corrected chi connectivity index (χ1v) is 11.3. The van der Waals surface area contributed by atoms with Crippen molar-refractivity contribution in [3.63, 3.8) is 0 Å². The van der Waals surface area contributed by atoms with Crippen LogP contribution < -0.4 is 10.0 Å². The van der Waals surface area contributed by atoms with E-state index in [9.17, 15) is 13.2 Å². The molecule has 3 aromatic carbocycles. The van der Waals surface area contributed by atoms with Crippen molar-refractivity contribution in [1.29, 1.82) is 0 Å². The third-order valence-electron chi connectivity index (χ3n) is 4.80. The van der Waals surface area contributed by atoms with E-state index in [4.69, 9.17) is 0 Å². The largest absolute Gasteiger partial charge is 0.346 e. The smallest absolute Gasteiger partial charge is 0.251 e. The van der Waals surface area contributed by atoms with Gasteiger partial charge in [-0.2, -0.15) is 0 Å². The molecule has 0 spiro atoms. The molecule has 0 aliphatic heterocycles. The van der Waals surface area contributed by atoms with Crippen molar-refractivity contribution in [3.8, 4) is 0 Å². The second-order valence-electron chi connectivity index (χ2n) is 7.02. The monoisotopic (exact) mass is 431 g/mol. The van der Waals surface area contributed by atoms with Crippen LogP contribution in [0.15, 0.2) is 95.9 Å². The number of benzene rings is 3. The van der Waals surface area contributed by atoms with Crippen LogP contribution in [0.25, 0.3) is 10.9 Å². The SMILES string of the molecule is O=C(NCc1ccc2ccccc2n1)c1cccc(S(=O)(=O)NCc2ccccc2)c1. The summed E-state index contributed by atoms with van der Waals surface area (Å²) >= 11 is 0. The summed E-state index contributed by atoms with van der Waals surface area (Å²) in [6, 6.07) is 26.8. The first-order chi connectivity index (χ1) is 15.0. The lowest BCUT2D eigenvalue weighted by Gasteiger charge is -2.09. The zero-order chi connectivity index (χ0) is 21.7. The Bertz CT molecular complexity index is 1320. The molecular formula is C24H21N3O3S. The van der Waals surface area contributed by atoms with Crippen LogP contribution in [0, 0.1) is 0 Å². The van der Waals surface area contributed by atoms with Crippen LogP contribution in [-0.4, -0.2) is 19.3 Å². The molecule has 4 rings (SSSR count). The van der Waals surface area contributed by atoms with Gasteiger partial charge in [0.25, 0.3) is 5.91 Å². The molecule has 0 fully saturated rings. The highest BCUT2D eigenvalue weighted by Crippen LogP contribution is 2.14. The molecule has 0 atom stereocenters. The van der Waals surface area contributed by atoms with Crippen molar-refractivity contribution in [3.05, 3.63) is 108 Å². The highest BCUT2D eigenvalue weighted by atomic mass is 32.2. The van der Waals surface area contributed by atoms with Crippen molar-refractivity contribution >= 4 is 26.8 Å². The van der Waals surface area contributed by atoms with Gasteiger partial charge in [-0.1, -0.05) is 60.7 Å². The van der Waals surface area contributed by atoms with E-state index < -0.39 is 10.0 Å². The van der Waals surface area contributed by atoms with E-state index in [1.165, 1.54) is 12.1 Å². The molecule has 0 saturated heterocycles. The van der Waals surface area contributed by atoms with Crippen LogP contribution in [0.2, 0.25) is 0 Å². The average molecular weight is 432 g/mol. The minimum Gasteiger partial charge on any atom is -0.346 e. The van der Waals surface area contributed by atoms with Gasteiger partial charge in [0.15, 0.2) is 0 Å². The van der Waals surface area contributed by atoms with Crippen LogP contribution in [0.5, 0.6) is 0 Å². The number of para-hydroxylation sites is 1. The summed E-state index contributed by atoms with van der Waals surface area (Å²) in [7, 11) is -3.75. The number of amides is 1. The summed E-state index contributed by atoms with van der Waals surface area (Å²) in [5, 5.41) is 3.83.